The van der Waals surface area contributed by atoms with Crippen molar-refractivity contribution in [2.75, 3.05) is 23.8 Å². The first-order valence-corrected chi connectivity index (χ1v) is 17.0. The van der Waals surface area contributed by atoms with Gasteiger partial charge in [-0.1, -0.05) is 46.8 Å². The number of halogens is 3. The summed E-state index contributed by atoms with van der Waals surface area (Å²) in [5.41, 5.74) is 2.25. The highest BCUT2D eigenvalue weighted by molar-refractivity contribution is 7.21. The quantitative estimate of drug-likeness (QED) is 0.207. The third-order valence-corrected chi connectivity index (χ3v) is 13.3. The van der Waals surface area contributed by atoms with Gasteiger partial charge < -0.3 is 20.5 Å². The lowest BCUT2D eigenvalue weighted by molar-refractivity contribution is -0.122. The third kappa shape index (κ3) is 6.90. The molecule has 8 nitrogen and oxygen atoms in total. The molecule has 0 radical (unpaired) electrons. The van der Waals surface area contributed by atoms with Crippen LogP contribution in [0.4, 0.5) is 24.9 Å². The number of aromatic nitrogens is 3. The maximum absolute atomic E-state index is 13.6. The molecule has 3 unspecified atom stereocenters. The van der Waals surface area contributed by atoms with E-state index in [9.17, 15) is 18.0 Å². The van der Waals surface area contributed by atoms with Crippen LogP contribution in [0.2, 0.25) is 11.1 Å². The van der Waals surface area contributed by atoms with Crippen LogP contribution in [0.25, 0.3) is 20.8 Å². The number of hydrogen-bond acceptors (Lipinski definition) is 9. The lowest BCUT2D eigenvalue weighted by Gasteiger charge is -2.35. The number of carbonyl (C=O) groups is 1. The van der Waals surface area contributed by atoms with E-state index in [1.54, 1.807) is 6.92 Å². The Labute approximate surface area is 243 Å². The average Bonchev–Trinajstić information content (AvgIpc) is 3.45. The first-order valence-electron chi connectivity index (χ1n) is 14.0. The second-order valence-electron chi connectivity index (χ2n) is 11.4. The highest BCUT2D eigenvalue weighted by Crippen LogP contribution is 2.40. The van der Waals surface area contributed by atoms with Crippen molar-refractivity contribution in [2.45, 2.75) is 77.7 Å². The molecule has 4 rings (SSSR count). The molecule has 1 fully saturated rings. The fourth-order valence-corrected chi connectivity index (χ4v) is 9.08. The predicted octanol–water partition coefficient (Wildman–Crippen LogP) is 6.67. The van der Waals surface area contributed by atoms with Gasteiger partial charge in [-0.05, 0) is 48.9 Å². The molecule has 1 aliphatic carbocycles. The SMILES string of the molecule is CCC1C(=O)C(Nc2nc(NCC(F)(F)F)nc(C)c2-c2nc3ccccc3s2)CC1CO[Si](N)(C(C)C)C(C)C. The molecule has 0 spiro atoms. The minimum absolute atomic E-state index is 0.0328. The van der Waals surface area contributed by atoms with E-state index in [0.29, 0.717) is 35.7 Å². The van der Waals surface area contributed by atoms with E-state index < -0.39 is 27.2 Å². The zero-order chi connectivity index (χ0) is 30.1. The lowest BCUT2D eigenvalue weighted by Crippen LogP contribution is -2.55. The molecule has 0 saturated heterocycles. The van der Waals surface area contributed by atoms with Crippen molar-refractivity contribution in [3.05, 3.63) is 30.0 Å². The topological polar surface area (TPSA) is 115 Å². The van der Waals surface area contributed by atoms with Crippen molar-refractivity contribution >= 4 is 47.6 Å². The number of hydrogen-bond donors (Lipinski definition) is 3. The molecule has 3 atom stereocenters. The Morgan fingerprint density at radius 3 is 2.44 bits per heavy atom. The van der Waals surface area contributed by atoms with Gasteiger partial charge in [-0.3, -0.25) is 4.79 Å². The number of nitrogens with two attached hydrogens (primary N) is 1. The number of nitrogens with zero attached hydrogens (tertiary/aromatic N) is 3. The summed E-state index contributed by atoms with van der Waals surface area (Å²) in [6.45, 7) is 11.1. The Morgan fingerprint density at radius 1 is 1.15 bits per heavy atom. The highest BCUT2D eigenvalue weighted by atomic mass is 32.1. The number of anilines is 2. The molecular weight excluding hydrogens is 569 g/mol. The summed E-state index contributed by atoms with van der Waals surface area (Å²) in [4.78, 5) is 27.1. The Morgan fingerprint density at radius 2 is 1.83 bits per heavy atom. The van der Waals surface area contributed by atoms with Crippen LogP contribution in [0.15, 0.2) is 24.3 Å². The summed E-state index contributed by atoms with van der Waals surface area (Å²) in [5.74, 6) is -0.104. The first-order chi connectivity index (χ1) is 19.2. The molecule has 2 aromatic heterocycles. The summed E-state index contributed by atoms with van der Waals surface area (Å²) in [5, 5.41) is 12.9. The van der Waals surface area contributed by atoms with Gasteiger partial charge in [-0.25, -0.2) is 9.97 Å². The molecule has 1 aliphatic rings. The number of aryl methyl sites for hydroxylation is 1. The van der Waals surface area contributed by atoms with E-state index in [4.69, 9.17) is 14.8 Å². The van der Waals surface area contributed by atoms with Crippen LogP contribution in [0.3, 0.4) is 0 Å². The van der Waals surface area contributed by atoms with Crippen molar-refractivity contribution in [1.29, 1.82) is 0 Å². The molecule has 13 heteroatoms. The van der Waals surface area contributed by atoms with Crippen LogP contribution in [0, 0.1) is 18.8 Å². The van der Waals surface area contributed by atoms with Gasteiger partial charge in [0, 0.05) is 12.5 Å². The van der Waals surface area contributed by atoms with Gasteiger partial charge in [0.1, 0.15) is 17.4 Å². The molecule has 1 aromatic carbocycles. The molecule has 1 saturated carbocycles. The number of thiazole rings is 1. The van der Waals surface area contributed by atoms with Crippen LogP contribution >= 0.6 is 11.3 Å². The van der Waals surface area contributed by atoms with E-state index >= 15 is 0 Å². The fraction of sp³-hybridized carbons (Fsp3) is 0.571. The maximum atomic E-state index is 13.6. The van der Waals surface area contributed by atoms with Gasteiger partial charge in [-0.2, -0.15) is 18.2 Å². The molecular formula is C28H39F3N6O2SSi. The molecule has 3 aromatic rings. The molecule has 224 valence electrons. The van der Waals surface area contributed by atoms with Gasteiger partial charge in [-0.15, -0.1) is 11.3 Å². The van der Waals surface area contributed by atoms with Crippen molar-refractivity contribution in [3.8, 4) is 10.6 Å². The standard InChI is InChI=1S/C28H39F3N6O2SSi/c1-7-19-18(13-39-41(32,15(2)3)16(4)5)12-21(24(19)38)35-25-23(26-36-20-10-8-9-11-22(20)40-26)17(6)34-27(37-25)33-14-28(29,30)31/h8-11,15-16,18-19,21H,7,12-14,32H2,1-6H3,(H2,33,34,35,37). The summed E-state index contributed by atoms with van der Waals surface area (Å²) < 4.78 is 46.3. The largest absolute Gasteiger partial charge is 0.405 e. The number of ketones is 1. The Bertz CT molecular complexity index is 1340. The monoisotopic (exact) mass is 608 g/mol. The maximum Gasteiger partial charge on any atom is 0.405 e. The normalized spacial score (nSPS) is 20.0. The Balaban J connectivity index is 1.66. The van der Waals surface area contributed by atoms with Gasteiger partial charge in [0.05, 0.1) is 27.5 Å². The fourth-order valence-electron chi connectivity index (χ4n) is 5.51. The van der Waals surface area contributed by atoms with E-state index in [0.717, 1.165) is 10.2 Å². The van der Waals surface area contributed by atoms with Crippen LogP contribution in [0.1, 0.15) is 53.2 Å². The van der Waals surface area contributed by atoms with Crippen LogP contribution < -0.4 is 16.0 Å². The first kappa shape index (κ1) is 31.3. The number of fused-ring (bicyclic) bond motifs is 1. The minimum atomic E-state index is -4.44. The van der Waals surface area contributed by atoms with E-state index in [-0.39, 0.29) is 40.5 Å². The molecule has 0 aliphatic heterocycles. The molecule has 4 N–H and O–H groups in total. The van der Waals surface area contributed by atoms with Crippen molar-refractivity contribution in [3.63, 3.8) is 0 Å². The number of alkyl halides is 3. The second kappa shape index (κ2) is 12.3. The van der Waals surface area contributed by atoms with Gasteiger partial charge >= 0.3 is 6.18 Å². The van der Waals surface area contributed by atoms with Crippen molar-refractivity contribution in [1.82, 2.24) is 15.0 Å². The van der Waals surface area contributed by atoms with E-state index in [1.807, 2.05) is 31.2 Å². The summed E-state index contributed by atoms with van der Waals surface area (Å²) in [6, 6.07) is 7.06. The second-order valence-corrected chi connectivity index (χ2v) is 16.7. The summed E-state index contributed by atoms with van der Waals surface area (Å²) in [7, 11) is -2.50. The number of rotatable bonds is 11. The molecule has 0 amide bonds. The highest BCUT2D eigenvalue weighted by Gasteiger charge is 2.45. The number of nitrogens with one attached hydrogen (secondary N) is 2. The van der Waals surface area contributed by atoms with Crippen LogP contribution in [-0.4, -0.2) is 54.6 Å². The molecule has 41 heavy (non-hydrogen) atoms. The van der Waals surface area contributed by atoms with Crippen molar-refractivity contribution < 1.29 is 22.4 Å². The number of benzene rings is 1. The minimum Gasteiger partial charge on any atom is -0.402 e. The van der Waals surface area contributed by atoms with E-state index in [1.165, 1.54) is 11.3 Å². The number of Topliss-reactive ketones (excluding diaryl/α,β-unsaturated/α-hetero) is 1. The van der Waals surface area contributed by atoms with Crippen LogP contribution in [0.5, 0.6) is 0 Å². The van der Waals surface area contributed by atoms with Gasteiger partial charge in [0.2, 0.25) is 5.95 Å². The third-order valence-electron chi connectivity index (χ3n) is 7.96. The zero-order valence-electron chi connectivity index (χ0n) is 24.3. The molecule has 0 bridgehead atoms. The Hall–Kier alpha value is -2.61. The predicted molar refractivity (Wildman–Crippen MR) is 160 cm³/mol. The summed E-state index contributed by atoms with van der Waals surface area (Å²) >= 11 is 1.44. The van der Waals surface area contributed by atoms with Gasteiger partial charge in [0.25, 0.3) is 8.48 Å². The van der Waals surface area contributed by atoms with Crippen LogP contribution in [-0.2, 0) is 9.22 Å². The van der Waals surface area contributed by atoms with Gasteiger partial charge in [0.15, 0.2) is 5.78 Å². The van der Waals surface area contributed by atoms with Crippen molar-refractivity contribution in [2.24, 2.45) is 17.2 Å². The number of para-hydroxylation sites is 1. The lowest BCUT2D eigenvalue weighted by atomic mass is 9.94. The smallest absolute Gasteiger partial charge is 0.402 e. The summed E-state index contributed by atoms with van der Waals surface area (Å²) in [6.07, 6.45) is -3.28. The molecule has 2 heterocycles. The van der Waals surface area contributed by atoms with E-state index in [2.05, 4.69) is 48.3 Å². The zero-order valence-corrected chi connectivity index (χ0v) is 26.1. The average molecular weight is 609 g/mol. The number of carbonyl (C=O) groups excluding carboxylic acids is 1. The Kier molecular flexibility index (Phi) is 9.41.